The number of nitrogens with one attached hydrogen (secondary N) is 2. The molecule has 2 saturated heterocycles. The number of imidazole rings is 1. The van der Waals surface area contributed by atoms with Crippen LogP contribution in [0.4, 0.5) is 5.82 Å². The molecule has 4 rings (SSSR count). The van der Waals surface area contributed by atoms with E-state index in [1.54, 1.807) is 0 Å². The van der Waals surface area contributed by atoms with Gasteiger partial charge in [-0.25, -0.2) is 19.5 Å². The molecule has 0 aliphatic carbocycles. The van der Waals surface area contributed by atoms with Crippen LogP contribution in [0.1, 0.15) is 32.4 Å². The van der Waals surface area contributed by atoms with Gasteiger partial charge in [0, 0.05) is 26.5 Å². The summed E-state index contributed by atoms with van der Waals surface area (Å²) in [7, 11) is -4.85. The van der Waals surface area contributed by atoms with Gasteiger partial charge < -0.3 is 69.9 Å². The molecule has 2 fully saturated rings. The number of ketones is 1. The molecule has 9 N–H and O–H groups in total. The number of ether oxygens (including phenoxy) is 6. The standard InChI is InChI=1S/C28H44N7O16P/c1-15(37)34-19-23(41)21(39)16(10-36)51-28(19)47-6-3-2-4-18(38)30-5-7-45-8-9-46-14-48-24-22(40)17(11-49-52(42,43)44)50-27(24)35-13-33-20-25(29)31-12-32-26(20)35/h12-13,16-17,19,21-22,24,27-28,36,39-40H,2-11,14H2,1H3,(H,30,38)(H,34,37)(H2,29,31,32)(H2,42,43,44)/t16-,17-,19-,21+,22-,24-,27-,28-/m1/s1. The first-order valence-corrected chi connectivity index (χ1v) is 17.7. The number of nitrogens with two attached hydrogens (primary N) is 1. The number of phosphoric acid groups is 1. The van der Waals surface area contributed by atoms with Crippen molar-refractivity contribution in [1.29, 1.82) is 0 Å². The van der Waals surface area contributed by atoms with Gasteiger partial charge in [-0.1, -0.05) is 0 Å². The number of aromatic nitrogens is 4. The lowest BCUT2D eigenvalue weighted by Gasteiger charge is -2.37. The summed E-state index contributed by atoms with van der Waals surface area (Å²) in [4.78, 5) is 66.4. The number of nitrogen functional groups attached to an aromatic ring is 1. The van der Waals surface area contributed by atoms with E-state index < -0.39 is 81.8 Å². The largest absolute Gasteiger partial charge is 0.469 e. The Morgan fingerprint density at radius 2 is 1.81 bits per heavy atom. The number of nitrogens with zero attached hydrogens (tertiary/aromatic N) is 4. The van der Waals surface area contributed by atoms with E-state index in [-0.39, 0.29) is 69.1 Å². The number of hydrogen-bond donors (Lipinski definition) is 8. The van der Waals surface area contributed by atoms with Crippen LogP contribution in [0.25, 0.3) is 11.2 Å². The normalized spacial score (nSPS) is 26.5. The fourth-order valence-electron chi connectivity index (χ4n) is 5.29. The Morgan fingerprint density at radius 3 is 2.54 bits per heavy atom. The number of unbranched alkanes of at least 4 members (excludes halogenated alkanes) is 1. The zero-order valence-corrected chi connectivity index (χ0v) is 29.0. The molecule has 0 radical (unpaired) electrons. The SMILES string of the molecule is CC(=O)N[C@@H]1C(=O)[C@@H](O)[C@@H](CO)O[C@H]1OCCCCC(=O)NCCOCCOCO[C@@H]1[C@H](O)[C@@H](COP(=O)(O)O)O[C@H]1n1cnc2c(N)ncnc21. The summed E-state index contributed by atoms with van der Waals surface area (Å²) in [5.74, 6) is -1.37. The van der Waals surface area contributed by atoms with E-state index in [1.807, 2.05) is 0 Å². The number of fused-ring (bicyclic) bond motifs is 1. The Bertz CT molecular complexity index is 1530. The van der Waals surface area contributed by atoms with Crippen molar-refractivity contribution in [3.63, 3.8) is 0 Å². The van der Waals surface area contributed by atoms with Crippen molar-refractivity contribution in [2.75, 3.05) is 58.7 Å². The van der Waals surface area contributed by atoms with Gasteiger partial charge in [-0.3, -0.25) is 23.5 Å². The lowest BCUT2D eigenvalue weighted by atomic mass is 9.99. The van der Waals surface area contributed by atoms with Crippen LogP contribution in [0.3, 0.4) is 0 Å². The second kappa shape index (κ2) is 19.7. The van der Waals surface area contributed by atoms with E-state index in [9.17, 15) is 34.3 Å². The molecule has 2 aliphatic rings. The summed E-state index contributed by atoms with van der Waals surface area (Å²) in [5, 5.41) is 35.3. The van der Waals surface area contributed by atoms with Crippen LogP contribution in [0.2, 0.25) is 0 Å². The molecule has 0 bridgehead atoms. The highest BCUT2D eigenvalue weighted by molar-refractivity contribution is 7.46. The zero-order valence-electron chi connectivity index (χ0n) is 28.1. The molecular formula is C28H44N7O16P. The van der Waals surface area contributed by atoms with Crippen molar-refractivity contribution >= 4 is 42.4 Å². The highest BCUT2D eigenvalue weighted by atomic mass is 31.2. The van der Waals surface area contributed by atoms with Gasteiger partial charge in [-0.2, -0.15) is 0 Å². The van der Waals surface area contributed by atoms with Gasteiger partial charge in [-0.05, 0) is 12.8 Å². The van der Waals surface area contributed by atoms with Crippen molar-refractivity contribution in [2.24, 2.45) is 0 Å². The number of anilines is 1. The van der Waals surface area contributed by atoms with Gasteiger partial charge in [0.2, 0.25) is 11.8 Å². The number of Topliss-reactive ketones (excluding diaryl/α,β-unsaturated/α-hetero) is 1. The minimum absolute atomic E-state index is 0.0852. The molecule has 2 aliphatic heterocycles. The third kappa shape index (κ3) is 11.6. The molecule has 8 atom stereocenters. The molecule has 2 aromatic rings. The van der Waals surface area contributed by atoms with Crippen LogP contribution in [0, 0.1) is 0 Å². The predicted octanol–water partition coefficient (Wildman–Crippen LogP) is -3.39. The van der Waals surface area contributed by atoms with Crippen LogP contribution in [-0.4, -0.2) is 158 Å². The molecule has 0 aromatic carbocycles. The van der Waals surface area contributed by atoms with Crippen LogP contribution < -0.4 is 16.4 Å². The van der Waals surface area contributed by atoms with Gasteiger partial charge in [0.1, 0.15) is 55.2 Å². The third-order valence-corrected chi connectivity index (χ3v) is 8.30. The van der Waals surface area contributed by atoms with Crippen LogP contribution >= 0.6 is 7.82 Å². The van der Waals surface area contributed by atoms with Crippen molar-refractivity contribution in [2.45, 2.75) is 75.3 Å². The molecule has 2 aromatic heterocycles. The number of carbonyl (C=O) groups excluding carboxylic acids is 3. The molecule has 23 nitrogen and oxygen atoms in total. The van der Waals surface area contributed by atoms with E-state index >= 15 is 0 Å². The maximum Gasteiger partial charge on any atom is 0.469 e. The van der Waals surface area contributed by atoms with E-state index in [0.29, 0.717) is 12.8 Å². The number of amides is 2. The molecule has 24 heteroatoms. The van der Waals surface area contributed by atoms with Crippen molar-refractivity contribution in [3.8, 4) is 0 Å². The van der Waals surface area contributed by atoms with Crippen LogP contribution in [0.15, 0.2) is 12.7 Å². The van der Waals surface area contributed by atoms with Crippen LogP contribution in [-0.2, 0) is 51.9 Å². The van der Waals surface area contributed by atoms with E-state index in [1.165, 1.54) is 24.1 Å². The first-order valence-electron chi connectivity index (χ1n) is 16.2. The maximum atomic E-state index is 12.4. The second-order valence-corrected chi connectivity index (χ2v) is 12.9. The summed E-state index contributed by atoms with van der Waals surface area (Å²) >= 11 is 0. The average molecular weight is 766 g/mol. The Kier molecular flexibility index (Phi) is 15.7. The number of carbonyl (C=O) groups is 3. The minimum atomic E-state index is -4.85. The smallest absolute Gasteiger partial charge is 0.394 e. The van der Waals surface area contributed by atoms with Crippen molar-refractivity contribution in [3.05, 3.63) is 12.7 Å². The highest BCUT2D eigenvalue weighted by Gasteiger charge is 2.47. The Labute approximate surface area is 296 Å². The van der Waals surface area contributed by atoms with Gasteiger partial charge in [0.25, 0.3) is 0 Å². The molecule has 52 heavy (non-hydrogen) atoms. The maximum absolute atomic E-state index is 12.4. The topological polar surface area (TPSA) is 328 Å². The Balaban J connectivity index is 1.10. The second-order valence-electron chi connectivity index (χ2n) is 11.6. The highest BCUT2D eigenvalue weighted by Crippen LogP contribution is 2.39. The van der Waals surface area contributed by atoms with E-state index in [2.05, 4.69) is 30.1 Å². The lowest BCUT2D eigenvalue weighted by molar-refractivity contribution is -0.233. The summed E-state index contributed by atoms with van der Waals surface area (Å²) in [5.41, 5.74) is 6.40. The van der Waals surface area contributed by atoms with Gasteiger partial charge in [0.15, 0.2) is 29.8 Å². The summed E-state index contributed by atoms with van der Waals surface area (Å²) < 4.78 is 50.6. The molecule has 292 valence electrons. The monoisotopic (exact) mass is 765 g/mol. The first-order chi connectivity index (χ1) is 24.8. The quantitative estimate of drug-likeness (QED) is 0.0349. The number of aliphatic hydroxyl groups is 3. The summed E-state index contributed by atoms with van der Waals surface area (Å²) in [6.07, 6.45) is -5.11. The summed E-state index contributed by atoms with van der Waals surface area (Å²) in [6.45, 7) is 0.366. The lowest BCUT2D eigenvalue weighted by Crippen LogP contribution is -2.62. The van der Waals surface area contributed by atoms with Gasteiger partial charge in [-0.15, -0.1) is 0 Å². The fraction of sp³-hybridized carbons (Fsp3) is 0.714. The van der Waals surface area contributed by atoms with Crippen LogP contribution in [0.5, 0.6) is 0 Å². The van der Waals surface area contributed by atoms with E-state index in [4.69, 9.17) is 43.9 Å². The molecule has 0 unspecified atom stereocenters. The zero-order chi connectivity index (χ0) is 37.8. The van der Waals surface area contributed by atoms with Gasteiger partial charge >= 0.3 is 7.82 Å². The predicted molar refractivity (Wildman–Crippen MR) is 171 cm³/mol. The fourth-order valence-corrected chi connectivity index (χ4v) is 5.63. The third-order valence-electron chi connectivity index (χ3n) is 7.82. The van der Waals surface area contributed by atoms with Crippen molar-refractivity contribution in [1.82, 2.24) is 30.2 Å². The first kappa shape index (κ1) is 41.5. The number of aliphatic hydroxyl groups excluding tert-OH is 3. The summed E-state index contributed by atoms with van der Waals surface area (Å²) in [6, 6.07) is -1.23. The Morgan fingerprint density at radius 1 is 1.04 bits per heavy atom. The minimum Gasteiger partial charge on any atom is -0.394 e. The average Bonchev–Trinajstić information content (AvgIpc) is 3.66. The molecule has 2 amide bonds. The number of hydrogen-bond acceptors (Lipinski definition) is 18. The number of phosphoric ester groups is 1. The Hall–Kier alpha value is -3.29. The number of rotatable bonds is 21. The van der Waals surface area contributed by atoms with Crippen molar-refractivity contribution < 1.29 is 77.0 Å². The molecule has 0 saturated carbocycles. The van der Waals surface area contributed by atoms with Gasteiger partial charge in [0.05, 0.1) is 39.4 Å². The molecule has 0 spiro atoms. The molecular weight excluding hydrogens is 721 g/mol. The van der Waals surface area contributed by atoms with E-state index in [0.717, 1.165) is 0 Å². The molecule has 4 heterocycles.